The van der Waals surface area contributed by atoms with Gasteiger partial charge in [-0.05, 0) is 61.2 Å². The molecule has 0 bridgehead atoms. The van der Waals surface area contributed by atoms with E-state index in [4.69, 9.17) is 5.73 Å². The zero-order valence-electron chi connectivity index (χ0n) is 9.96. The van der Waals surface area contributed by atoms with Crippen LogP contribution in [0, 0.1) is 0 Å². The van der Waals surface area contributed by atoms with Crippen molar-refractivity contribution in [3.63, 3.8) is 0 Å². The summed E-state index contributed by atoms with van der Waals surface area (Å²) in [7, 11) is 0. The first-order valence-electron chi connectivity index (χ1n) is 5.82. The van der Waals surface area contributed by atoms with Crippen LogP contribution in [-0.4, -0.2) is 0 Å². The molecule has 1 heterocycles. The Morgan fingerprint density at radius 3 is 2.32 bits per heavy atom. The van der Waals surface area contributed by atoms with E-state index in [1.807, 2.05) is 12.1 Å². The zero-order valence-corrected chi connectivity index (χ0v) is 14.7. The maximum Gasteiger partial charge on any atom is 0.0661 e. The second-order valence-corrected chi connectivity index (χ2v) is 7.18. The fourth-order valence-corrected chi connectivity index (χ4v) is 5.20. The van der Waals surface area contributed by atoms with Crippen molar-refractivity contribution in [1.29, 1.82) is 0 Å². The number of nitrogen functional groups attached to an aromatic ring is 1. The van der Waals surface area contributed by atoms with E-state index in [0.717, 1.165) is 32.2 Å². The Kier molecular flexibility index (Phi) is 3.62. The topological polar surface area (TPSA) is 29.3 Å². The minimum atomic E-state index is 0.848. The molecular formula is C14H11Br3N2. The van der Waals surface area contributed by atoms with E-state index < -0.39 is 0 Å². The number of anilines is 2. The van der Waals surface area contributed by atoms with Crippen molar-refractivity contribution in [1.82, 2.24) is 0 Å². The Hall–Kier alpha value is -0.520. The third kappa shape index (κ3) is 2.43. The number of rotatable bonds is 1. The first kappa shape index (κ1) is 13.5. The van der Waals surface area contributed by atoms with Crippen molar-refractivity contribution in [2.24, 2.45) is 0 Å². The number of fused-ring (bicyclic) bond motifs is 1. The van der Waals surface area contributed by atoms with E-state index in [9.17, 15) is 0 Å². The molecule has 0 unspecified atom stereocenters. The standard InChI is InChI=1S/C14H11Br3N2/c15-9-4-11(16)14(12(17)5-9)19-6-8-2-1-3-13(18)10(8)7-19/h1-5H,6-7,18H2. The molecule has 0 aliphatic carbocycles. The van der Waals surface area contributed by atoms with Gasteiger partial charge in [-0.25, -0.2) is 0 Å². The summed E-state index contributed by atoms with van der Waals surface area (Å²) in [5.74, 6) is 0. The molecule has 5 heteroatoms. The van der Waals surface area contributed by atoms with Gasteiger partial charge in [-0.2, -0.15) is 0 Å². The first-order chi connectivity index (χ1) is 9.06. The van der Waals surface area contributed by atoms with Crippen LogP contribution in [0.4, 0.5) is 11.4 Å². The second kappa shape index (κ2) is 5.11. The van der Waals surface area contributed by atoms with Crippen molar-refractivity contribution < 1.29 is 0 Å². The Morgan fingerprint density at radius 2 is 1.68 bits per heavy atom. The molecule has 2 nitrogen and oxygen atoms in total. The quantitative estimate of drug-likeness (QED) is 0.619. The highest BCUT2D eigenvalue weighted by Crippen LogP contribution is 2.41. The molecule has 19 heavy (non-hydrogen) atoms. The van der Waals surface area contributed by atoms with Crippen LogP contribution in [0.1, 0.15) is 11.1 Å². The average Bonchev–Trinajstić information content (AvgIpc) is 2.72. The van der Waals surface area contributed by atoms with E-state index in [1.54, 1.807) is 0 Å². The molecule has 3 rings (SSSR count). The van der Waals surface area contributed by atoms with Crippen LogP contribution < -0.4 is 10.6 Å². The largest absolute Gasteiger partial charge is 0.398 e. The fraction of sp³-hybridized carbons (Fsp3) is 0.143. The van der Waals surface area contributed by atoms with Gasteiger partial charge in [0.25, 0.3) is 0 Å². The number of nitrogens with two attached hydrogens (primary N) is 1. The Morgan fingerprint density at radius 1 is 1.00 bits per heavy atom. The molecule has 2 N–H and O–H groups in total. The molecule has 0 saturated heterocycles. The molecule has 2 aromatic carbocycles. The fourth-order valence-electron chi connectivity index (χ4n) is 2.44. The lowest BCUT2D eigenvalue weighted by Gasteiger charge is -2.21. The summed E-state index contributed by atoms with van der Waals surface area (Å²) in [6.07, 6.45) is 0. The maximum atomic E-state index is 6.05. The molecule has 98 valence electrons. The normalized spacial score (nSPS) is 13.7. The number of nitrogens with zero attached hydrogens (tertiary/aromatic N) is 1. The van der Waals surface area contributed by atoms with Crippen molar-refractivity contribution >= 4 is 59.2 Å². The Bertz CT molecular complexity index is 632. The van der Waals surface area contributed by atoms with E-state index in [1.165, 1.54) is 16.8 Å². The van der Waals surface area contributed by atoms with Gasteiger partial charge < -0.3 is 10.6 Å². The van der Waals surface area contributed by atoms with Crippen LogP contribution in [0.25, 0.3) is 0 Å². The average molecular weight is 447 g/mol. The lowest BCUT2D eigenvalue weighted by Crippen LogP contribution is -2.15. The van der Waals surface area contributed by atoms with Crippen LogP contribution >= 0.6 is 47.8 Å². The molecular weight excluding hydrogens is 436 g/mol. The molecule has 0 aromatic heterocycles. The van der Waals surface area contributed by atoms with Gasteiger partial charge in [-0.1, -0.05) is 28.1 Å². The molecule has 0 saturated carbocycles. The van der Waals surface area contributed by atoms with Crippen LogP contribution in [0.3, 0.4) is 0 Å². The molecule has 0 amide bonds. The van der Waals surface area contributed by atoms with Gasteiger partial charge in [0.05, 0.1) is 5.69 Å². The van der Waals surface area contributed by atoms with Crippen LogP contribution in [-0.2, 0) is 13.1 Å². The summed E-state index contributed by atoms with van der Waals surface area (Å²) in [6.45, 7) is 1.74. The summed E-state index contributed by atoms with van der Waals surface area (Å²) in [5, 5.41) is 0. The van der Waals surface area contributed by atoms with Crippen molar-refractivity contribution in [3.05, 3.63) is 54.9 Å². The summed E-state index contributed by atoms with van der Waals surface area (Å²) in [4.78, 5) is 2.32. The smallest absolute Gasteiger partial charge is 0.0661 e. The van der Waals surface area contributed by atoms with E-state index in [2.05, 4.69) is 70.9 Å². The minimum absolute atomic E-state index is 0.848. The number of halogens is 3. The molecule has 0 fully saturated rings. The second-order valence-electron chi connectivity index (χ2n) is 4.56. The van der Waals surface area contributed by atoms with E-state index in [0.29, 0.717) is 0 Å². The molecule has 0 atom stereocenters. The Balaban J connectivity index is 2.02. The third-order valence-electron chi connectivity index (χ3n) is 3.32. The predicted octanol–water partition coefficient (Wildman–Crippen LogP) is 5.08. The highest BCUT2D eigenvalue weighted by molar-refractivity contribution is 9.11. The summed E-state index contributed by atoms with van der Waals surface area (Å²) in [5.41, 5.74) is 10.6. The molecule has 0 radical (unpaired) electrons. The monoisotopic (exact) mass is 444 g/mol. The highest BCUT2D eigenvalue weighted by atomic mass is 79.9. The van der Waals surface area contributed by atoms with Gasteiger partial charge in [0.1, 0.15) is 0 Å². The minimum Gasteiger partial charge on any atom is -0.398 e. The van der Waals surface area contributed by atoms with Gasteiger partial charge in [-0.15, -0.1) is 0 Å². The lowest BCUT2D eigenvalue weighted by molar-refractivity contribution is 0.874. The number of hydrogen-bond donors (Lipinski definition) is 1. The first-order valence-corrected chi connectivity index (χ1v) is 8.20. The number of hydrogen-bond acceptors (Lipinski definition) is 2. The van der Waals surface area contributed by atoms with Gasteiger partial charge in [0, 0.05) is 32.2 Å². The molecule has 0 spiro atoms. The summed E-state index contributed by atoms with van der Waals surface area (Å²) < 4.78 is 3.19. The third-order valence-corrected chi connectivity index (χ3v) is 4.98. The lowest BCUT2D eigenvalue weighted by atomic mass is 10.1. The molecule has 1 aliphatic rings. The summed E-state index contributed by atoms with van der Waals surface area (Å²) >= 11 is 10.8. The SMILES string of the molecule is Nc1cccc2c1CN(c1c(Br)cc(Br)cc1Br)C2. The molecule has 1 aliphatic heterocycles. The van der Waals surface area contributed by atoms with Crippen molar-refractivity contribution in [2.45, 2.75) is 13.1 Å². The maximum absolute atomic E-state index is 6.05. The van der Waals surface area contributed by atoms with Gasteiger partial charge in [0.2, 0.25) is 0 Å². The van der Waals surface area contributed by atoms with E-state index >= 15 is 0 Å². The zero-order chi connectivity index (χ0) is 13.6. The van der Waals surface area contributed by atoms with Crippen molar-refractivity contribution in [3.8, 4) is 0 Å². The van der Waals surface area contributed by atoms with Crippen LogP contribution in [0.15, 0.2) is 43.7 Å². The van der Waals surface area contributed by atoms with Crippen LogP contribution in [0.5, 0.6) is 0 Å². The van der Waals surface area contributed by atoms with Crippen molar-refractivity contribution in [2.75, 3.05) is 10.6 Å². The Labute approximate surface area is 137 Å². The number of benzene rings is 2. The van der Waals surface area contributed by atoms with E-state index in [-0.39, 0.29) is 0 Å². The predicted molar refractivity (Wildman–Crippen MR) is 90.3 cm³/mol. The summed E-state index contributed by atoms with van der Waals surface area (Å²) in [6, 6.07) is 10.3. The van der Waals surface area contributed by atoms with Gasteiger partial charge in [-0.3, -0.25) is 0 Å². The van der Waals surface area contributed by atoms with Crippen LogP contribution in [0.2, 0.25) is 0 Å². The molecule has 2 aromatic rings. The van der Waals surface area contributed by atoms with Gasteiger partial charge >= 0.3 is 0 Å². The van der Waals surface area contributed by atoms with Gasteiger partial charge in [0.15, 0.2) is 0 Å². The highest BCUT2D eigenvalue weighted by Gasteiger charge is 2.24.